The van der Waals surface area contributed by atoms with E-state index in [2.05, 4.69) is 0 Å². The van der Waals surface area contributed by atoms with E-state index in [4.69, 9.17) is 21.3 Å². The Balaban J connectivity index is 2.88. The molecule has 0 saturated heterocycles. The number of anilines is 2. The summed E-state index contributed by atoms with van der Waals surface area (Å²) in [5.41, 5.74) is 6.88. The lowest BCUT2D eigenvalue weighted by atomic mass is 10.2. The van der Waals surface area contributed by atoms with Crippen LogP contribution in [0, 0.1) is 10.8 Å². The lowest BCUT2D eigenvalue weighted by Gasteiger charge is -2.19. The molecule has 0 heterocycles. The van der Waals surface area contributed by atoms with Crippen LogP contribution in [0.1, 0.15) is 0 Å². The molecule has 0 radical (unpaired) electrons. The van der Waals surface area contributed by atoms with Gasteiger partial charge in [-0.3, -0.25) is 15.7 Å². The van der Waals surface area contributed by atoms with Crippen LogP contribution < -0.4 is 15.4 Å². The molecule has 1 aromatic rings. The van der Waals surface area contributed by atoms with Crippen molar-refractivity contribution in [3.8, 4) is 5.75 Å². The van der Waals surface area contributed by atoms with Gasteiger partial charge in [-0.25, -0.2) is 0 Å². The minimum Gasteiger partial charge on any atom is -0.490 e. The van der Waals surface area contributed by atoms with Crippen LogP contribution in [0.5, 0.6) is 5.75 Å². The van der Waals surface area contributed by atoms with Crippen molar-refractivity contribution in [2.75, 3.05) is 37.9 Å². The number of hydrogen-bond acceptors (Lipinski definition) is 5. The predicted octanol–water partition coefficient (Wildman–Crippen LogP) is 1.23. The summed E-state index contributed by atoms with van der Waals surface area (Å²) in [6.45, 7) is 1.33. The van der Waals surface area contributed by atoms with E-state index < -0.39 is 0 Å². The van der Waals surface area contributed by atoms with Gasteiger partial charge in [0.1, 0.15) is 12.4 Å². The average molecular weight is 249 g/mol. The highest BCUT2D eigenvalue weighted by molar-refractivity contribution is 5.99. The van der Waals surface area contributed by atoms with Crippen LogP contribution >= 0.6 is 0 Å². The highest BCUT2D eigenvalue weighted by Crippen LogP contribution is 2.29. The maximum atomic E-state index is 7.25. The molecule has 0 unspecified atom stereocenters. The van der Waals surface area contributed by atoms with Crippen molar-refractivity contribution in [2.45, 2.75) is 0 Å². The van der Waals surface area contributed by atoms with Crippen LogP contribution in [0.15, 0.2) is 18.2 Å². The summed E-state index contributed by atoms with van der Waals surface area (Å²) in [6.07, 6.45) is 2.08. The first kappa shape index (κ1) is 14.0. The number of nitrogens with two attached hydrogens (primary N) is 1. The van der Waals surface area contributed by atoms with E-state index in [1.165, 1.54) is 4.90 Å². The molecule has 4 N–H and O–H groups in total. The number of benzene rings is 1. The van der Waals surface area contributed by atoms with Gasteiger partial charge in [-0.15, -0.1) is 0 Å². The molecule has 1 rings (SSSR count). The summed E-state index contributed by atoms with van der Waals surface area (Å²) in [5.74, 6) is 0.609. The van der Waals surface area contributed by atoms with Gasteiger partial charge in [0.2, 0.25) is 0 Å². The average Bonchev–Trinajstić information content (AvgIpc) is 2.33. The van der Waals surface area contributed by atoms with Gasteiger partial charge in [0, 0.05) is 12.2 Å². The van der Waals surface area contributed by atoms with Crippen LogP contribution in [-0.4, -0.2) is 44.8 Å². The molecule has 6 heteroatoms. The van der Waals surface area contributed by atoms with Crippen LogP contribution in [0.4, 0.5) is 11.4 Å². The zero-order chi connectivity index (χ0) is 13.5. The number of hydrogen-bond donors (Lipinski definition) is 3. The summed E-state index contributed by atoms with van der Waals surface area (Å²) in [6, 6.07) is 5.17. The van der Waals surface area contributed by atoms with Gasteiger partial charge in [0.15, 0.2) is 0 Å². The fraction of sp³-hybridized carbons (Fsp3) is 0.333. The maximum absolute atomic E-state index is 7.25. The van der Waals surface area contributed by atoms with Crippen molar-refractivity contribution in [3.05, 3.63) is 18.2 Å². The zero-order valence-corrected chi connectivity index (χ0v) is 10.7. The summed E-state index contributed by atoms with van der Waals surface area (Å²) < 4.78 is 5.64. The Bertz CT molecular complexity index is 411. The van der Waals surface area contributed by atoms with E-state index in [1.54, 1.807) is 18.2 Å². The third-order valence-corrected chi connectivity index (χ3v) is 2.34. The van der Waals surface area contributed by atoms with Gasteiger partial charge in [0.25, 0.3) is 0 Å². The standard InChI is InChI=1S/C12H19N5O/c1-16(2)5-6-18-12-4-3-10(15)7-11(12)17(8-13)9-14/h3-4,7-9,13-14H,5-6,15H2,1-2H3. The predicted molar refractivity (Wildman–Crippen MR) is 74.9 cm³/mol. The van der Waals surface area contributed by atoms with E-state index >= 15 is 0 Å². The Morgan fingerprint density at radius 2 is 1.94 bits per heavy atom. The summed E-state index contributed by atoms with van der Waals surface area (Å²) >= 11 is 0. The van der Waals surface area contributed by atoms with Crippen LogP contribution in [0.3, 0.4) is 0 Å². The molecule has 18 heavy (non-hydrogen) atoms. The highest BCUT2D eigenvalue weighted by atomic mass is 16.5. The van der Waals surface area contributed by atoms with Gasteiger partial charge in [0.05, 0.1) is 18.4 Å². The smallest absolute Gasteiger partial charge is 0.143 e. The third kappa shape index (κ3) is 3.74. The van der Waals surface area contributed by atoms with E-state index in [0.29, 0.717) is 23.7 Å². The van der Waals surface area contributed by atoms with Crippen LogP contribution in [0.25, 0.3) is 0 Å². The van der Waals surface area contributed by atoms with Crippen molar-refractivity contribution < 1.29 is 4.74 Å². The Morgan fingerprint density at radius 3 is 2.50 bits per heavy atom. The topological polar surface area (TPSA) is 89.4 Å². The number of ether oxygens (including phenoxy) is 1. The fourth-order valence-corrected chi connectivity index (χ4v) is 1.37. The number of likely N-dealkylation sites (N-methyl/N-ethyl adjacent to an activating group) is 1. The molecule has 1 aromatic carbocycles. The van der Waals surface area contributed by atoms with Gasteiger partial charge in [-0.05, 0) is 32.3 Å². The largest absolute Gasteiger partial charge is 0.490 e. The summed E-state index contributed by atoms with van der Waals surface area (Å²) in [4.78, 5) is 3.35. The molecule has 6 nitrogen and oxygen atoms in total. The van der Waals surface area contributed by atoms with Crippen molar-refractivity contribution in [1.82, 2.24) is 4.90 Å². The second-order valence-electron chi connectivity index (χ2n) is 4.04. The first-order valence-electron chi connectivity index (χ1n) is 5.55. The number of rotatable bonds is 7. The normalized spacial score (nSPS) is 10.2. The third-order valence-electron chi connectivity index (χ3n) is 2.34. The molecule has 0 atom stereocenters. The van der Waals surface area contributed by atoms with E-state index in [0.717, 1.165) is 19.2 Å². The molecule has 0 bridgehead atoms. The van der Waals surface area contributed by atoms with E-state index in [9.17, 15) is 0 Å². The Hall–Kier alpha value is -2.08. The molecule has 98 valence electrons. The Labute approximate surface area is 107 Å². The molecule has 0 aliphatic carbocycles. The molecule has 0 spiro atoms. The van der Waals surface area contributed by atoms with E-state index in [-0.39, 0.29) is 0 Å². The minimum atomic E-state index is 0.535. The molecular weight excluding hydrogens is 230 g/mol. The maximum Gasteiger partial charge on any atom is 0.143 e. The molecule has 0 aromatic heterocycles. The molecular formula is C12H19N5O. The van der Waals surface area contributed by atoms with E-state index in [1.807, 2.05) is 19.0 Å². The van der Waals surface area contributed by atoms with Crippen LogP contribution in [0.2, 0.25) is 0 Å². The first-order valence-corrected chi connectivity index (χ1v) is 5.55. The van der Waals surface area contributed by atoms with Crippen molar-refractivity contribution >= 4 is 24.1 Å². The quantitative estimate of drug-likeness (QED) is 0.385. The highest BCUT2D eigenvalue weighted by Gasteiger charge is 2.09. The van der Waals surface area contributed by atoms with Crippen molar-refractivity contribution in [1.29, 1.82) is 10.8 Å². The number of nitrogen functional groups attached to an aromatic ring is 1. The van der Waals surface area contributed by atoms with Crippen LogP contribution in [-0.2, 0) is 0 Å². The number of nitrogens with zero attached hydrogens (tertiary/aromatic N) is 2. The molecule has 0 saturated carbocycles. The zero-order valence-electron chi connectivity index (χ0n) is 10.7. The summed E-state index contributed by atoms with van der Waals surface area (Å²) in [7, 11) is 3.93. The second kappa shape index (κ2) is 6.61. The molecule has 0 fully saturated rings. The molecule has 0 aliphatic heterocycles. The van der Waals surface area contributed by atoms with Crippen molar-refractivity contribution in [3.63, 3.8) is 0 Å². The number of nitrogens with one attached hydrogen (secondary N) is 2. The van der Waals surface area contributed by atoms with Gasteiger partial charge < -0.3 is 15.4 Å². The van der Waals surface area contributed by atoms with Gasteiger partial charge in [-0.2, -0.15) is 0 Å². The Morgan fingerprint density at radius 1 is 1.28 bits per heavy atom. The Kier molecular flexibility index (Phi) is 5.13. The molecule has 0 amide bonds. The molecule has 0 aliphatic rings. The van der Waals surface area contributed by atoms with Gasteiger partial charge in [-0.1, -0.05) is 0 Å². The minimum absolute atomic E-state index is 0.535. The first-order chi connectivity index (χ1) is 8.58. The SMILES string of the molecule is CN(C)CCOc1ccc(N)cc1N(C=N)C=N. The second-order valence-corrected chi connectivity index (χ2v) is 4.04. The summed E-state index contributed by atoms with van der Waals surface area (Å²) in [5, 5.41) is 14.5. The monoisotopic (exact) mass is 249 g/mol. The van der Waals surface area contributed by atoms with Crippen molar-refractivity contribution in [2.24, 2.45) is 0 Å². The lowest BCUT2D eigenvalue weighted by Crippen LogP contribution is -2.22. The lowest BCUT2D eigenvalue weighted by molar-refractivity contribution is 0.262. The fourth-order valence-electron chi connectivity index (χ4n) is 1.37. The van der Waals surface area contributed by atoms with Gasteiger partial charge >= 0.3 is 0 Å².